The zero-order valence-corrected chi connectivity index (χ0v) is 10.2. The van der Waals surface area contributed by atoms with Gasteiger partial charge in [0.1, 0.15) is 0 Å². The molecule has 16 heavy (non-hydrogen) atoms. The first-order valence-corrected chi connectivity index (χ1v) is 5.52. The third-order valence-electron chi connectivity index (χ3n) is 2.24. The normalized spacial score (nSPS) is 11.1. The van der Waals surface area contributed by atoms with Crippen LogP contribution < -0.4 is 0 Å². The van der Waals surface area contributed by atoms with Crippen molar-refractivity contribution < 1.29 is 19.1 Å². The molecule has 0 aromatic heterocycles. The van der Waals surface area contributed by atoms with E-state index in [1.165, 1.54) is 20.3 Å². The molecule has 0 amide bonds. The van der Waals surface area contributed by atoms with E-state index in [2.05, 4.69) is 16.4 Å². The summed E-state index contributed by atoms with van der Waals surface area (Å²) in [6, 6.07) is 0. The number of hydrogen-bond acceptors (Lipinski definition) is 4. The van der Waals surface area contributed by atoms with Crippen molar-refractivity contribution in [1.29, 1.82) is 0 Å². The SMILES string of the molecule is CCCCCC/C(=C\C(=O)OC)C(=O)OC. The number of carbonyl (C=O) groups excluding carboxylic acids is 2. The van der Waals surface area contributed by atoms with E-state index in [0.717, 1.165) is 25.7 Å². The van der Waals surface area contributed by atoms with Gasteiger partial charge < -0.3 is 9.47 Å². The Balaban J connectivity index is 4.27. The van der Waals surface area contributed by atoms with Crippen LogP contribution in [0.5, 0.6) is 0 Å². The van der Waals surface area contributed by atoms with Crippen LogP contribution in [-0.2, 0) is 19.1 Å². The molecule has 0 aromatic rings. The lowest BCUT2D eigenvalue weighted by Gasteiger charge is -2.04. The lowest BCUT2D eigenvalue weighted by atomic mass is 10.1. The van der Waals surface area contributed by atoms with Gasteiger partial charge in [-0.3, -0.25) is 0 Å². The number of rotatable bonds is 7. The Morgan fingerprint density at radius 1 is 1.06 bits per heavy atom. The van der Waals surface area contributed by atoms with E-state index >= 15 is 0 Å². The molecule has 92 valence electrons. The molecule has 0 unspecified atom stereocenters. The standard InChI is InChI=1S/C12H20O4/c1-4-5-6-7-8-10(12(14)16-3)9-11(13)15-2/h9H,4-8H2,1-3H3/b10-9+. The summed E-state index contributed by atoms with van der Waals surface area (Å²) in [6.45, 7) is 2.12. The third-order valence-corrected chi connectivity index (χ3v) is 2.24. The quantitative estimate of drug-likeness (QED) is 0.381. The average Bonchev–Trinajstić information content (AvgIpc) is 2.31. The van der Waals surface area contributed by atoms with Crippen molar-refractivity contribution in [3.05, 3.63) is 11.6 Å². The molecule has 4 nitrogen and oxygen atoms in total. The molecule has 0 saturated heterocycles. The number of carbonyl (C=O) groups is 2. The van der Waals surface area contributed by atoms with E-state index < -0.39 is 11.9 Å². The van der Waals surface area contributed by atoms with Gasteiger partial charge in [0.2, 0.25) is 0 Å². The Labute approximate surface area is 96.6 Å². The van der Waals surface area contributed by atoms with Crippen molar-refractivity contribution in [2.24, 2.45) is 0 Å². The topological polar surface area (TPSA) is 52.6 Å². The van der Waals surface area contributed by atoms with Gasteiger partial charge in [0.05, 0.1) is 14.2 Å². The summed E-state index contributed by atoms with van der Waals surface area (Å²) in [4.78, 5) is 22.4. The first-order valence-electron chi connectivity index (χ1n) is 5.52. The van der Waals surface area contributed by atoms with Crippen LogP contribution in [0.1, 0.15) is 39.0 Å². The predicted molar refractivity (Wildman–Crippen MR) is 60.9 cm³/mol. The molecule has 0 bridgehead atoms. The minimum absolute atomic E-state index is 0.380. The molecule has 0 N–H and O–H groups in total. The van der Waals surface area contributed by atoms with Crippen molar-refractivity contribution in [1.82, 2.24) is 0 Å². The monoisotopic (exact) mass is 228 g/mol. The first-order chi connectivity index (χ1) is 7.65. The van der Waals surface area contributed by atoms with Gasteiger partial charge >= 0.3 is 11.9 Å². The van der Waals surface area contributed by atoms with Crippen molar-refractivity contribution >= 4 is 11.9 Å². The summed E-state index contributed by atoms with van der Waals surface area (Å²) in [5.74, 6) is -0.974. The van der Waals surface area contributed by atoms with Crippen LogP contribution in [0.4, 0.5) is 0 Å². The minimum atomic E-state index is -0.518. The summed E-state index contributed by atoms with van der Waals surface area (Å²) in [6.07, 6.45) is 5.96. The van der Waals surface area contributed by atoms with Gasteiger partial charge in [-0.05, 0) is 12.8 Å². The van der Waals surface area contributed by atoms with Crippen molar-refractivity contribution in [2.45, 2.75) is 39.0 Å². The summed E-state index contributed by atoms with van der Waals surface area (Å²) >= 11 is 0. The molecule has 0 radical (unpaired) electrons. The van der Waals surface area contributed by atoms with Crippen molar-refractivity contribution in [3.8, 4) is 0 Å². The highest BCUT2D eigenvalue weighted by atomic mass is 16.5. The van der Waals surface area contributed by atoms with Crippen LogP contribution >= 0.6 is 0 Å². The third kappa shape index (κ3) is 6.22. The maximum atomic E-state index is 11.3. The second-order valence-electron chi connectivity index (χ2n) is 3.49. The smallest absolute Gasteiger partial charge is 0.333 e. The Kier molecular flexibility index (Phi) is 8.21. The van der Waals surface area contributed by atoms with Crippen LogP contribution in [-0.4, -0.2) is 26.2 Å². The highest BCUT2D eigenvalue weighted by Gasteiger charge is 2.11. The zero-order chi connectivity index (χ0) is 12.4. The molecule has 0 saturated carbocycles. The molecule has 0 heterocycles. The number of unbranched alkanes of at least 4 members (excludes halogenated alkanes) is 3. The predicted octanol–water partition coefficient (Wildman–Crippen LogP) is 2.23. The van der Waals surface area contributed by atoms with E-state index in [-0.39, 0.29) is 0 Å². The molecular weight excluding hydrogens is 208 g/mol. The van der Waals surface area contributed by atoms with Gasteiger partial charge in [0.15, 0.2) is 0 Å². The van der Waals surface area contributed by atoms with Gasteiger partial charge in [-0.1, -0.05) is 26.2 Å². The van der Waals surface area contributed by atoms with Gasteiger partial charge in [0, 0.05) is 11.6 Å². The van der Waals surface area contributed by atoms with E-state index in [4.69, 9.17) is 0 Å². The Hall–Kier alpha value is -1.32. The highest BCUT2D eigenvalue weighted by molar-refractivity contribution is 5.96. The second kappa shape index (κ2) is 8.95. The van der Waals surface area contributed by atoms with Crippen LogP contribution in [0.25, 0.3) is 0 Å². The minimum Gasteiger partial charge on any atom is -0.466 e. The molecule has 0 aromatic carbocycles. The molecule has 0 aliphatic rings. The molecule has 0 fully saturated rings. The van der Waals surface area contributed by atoms with E-state index in [1.54, 1.807) is 0 Å². The van der Waals surface area contributed by atoms with E-state index in [1.807, 2.05) is 0 Å². The maximum Gasteiger partial charge on any atom is 0.333 e. The molecule has 0 spiro atoms. The lowest BCUT2D eigenvalue weighted by molar-refractivity contribution is -0.138. The molecule has 0 aliphatic heterocycles. The van der Waals surface area contributed by atoms with Crippen LogP contribution in [0.15, 0.2) is 11.6 Å². The van der Waals surface area contributed by atoms with Gasteiger partial charge in [0.25, 0.3) is 0 Å². The second-order valence-corrected chi connectivity index (χ2v) is 3.49. The highest BCUT2D eigenvalue weighted by Crippen LogP contribution is 2.11. The first kappa shape index (κ1) is 14.7. The van der Waals surface area contributed by atoms with Crippen LogP contribution in [0.2, 0.25) is 0 Å². The van der Waals surface area contributed by atoms with E-state index in [0.29, 0.717) is 12.0 Å². The number of ether oxygens (including phenoxy) is 2. The summed E-state index contributed by atoms with van der Waals surface area (Å²) in [5.41, 5.74) is 0.380. The van der Waals surface area contributed by atoms with Crippen molar-refractivity contribution in [2.75, 3.05) is 14.2 Å². The Bertz CT molecular complexity index is 256. The van der Waals surface area contributed by atoms with E-state index in [9.17, 15) is 9.59 Å². The molecule has 0 aliphatic carbocycles. The van der Waals surface area contributed by atoms with Crippen LogP contribution in [0.3, 0.4) is 0 Å². The largest absolute Gasteiger partial charge is 0.466 e. The summed E-state index contributed by atoms with van der Waals surface area (Å²) < 4.78 is 9.08. The van der Waals surface area contributed by atoms with Crippen LogP contribution in [0, 0.1) is 0 Å². The number of esters is 2. The fourth-order valence-electron chi connectivity index (χ4n) is 1.31. The van der Waals surface area contributed by atoms with Crippen molar-refractivity contribution in [3.63, 3.8) is 0 Å². The zero-order valence-electron chi connectivity index (χ0n) is 10.2. The number of hydrogen-bond donors (Lipinski definition) is 0. The summed E-state index contributed by atoms with van der Waals surface area (Å²) in [7, 11) is 2.59. The van der Waals surface area contributed by atoms with Gasteiger partial charge in [-0.2, -0.15) is 0 Å². The fraction of sp³-hybridized carbons (Fsp3) is 0.667. The molecule has 4 heteroatoms. The molecule has 0 rings (SSSR count). The van der Waals surface area contributed by atoms with Gasteiger partial charge in [-0.15, -0.1) is 0 Å². The lowest BCUT2D eigenvalue weighted by Crippen LogP contribution is -2.08. The average molecular weight is 228 g/mol. The summed E-state index contributed by atoms with van der Waals surface area (Å²) in [5, 5.41) is 0. The molecule has 0 atom stereocenters. The fourth-order valence-corrected chi connectivity index (χ4v) is 1.31. The Morgan fingerprint density at radius 3 is 2.25 bits per heavy atom. The molecular formula is C12H20O4. The maximum absolute atomic E-state index is 11.3. The van der Waals surface area contributed by atoms with Gasteiger partial charge in [-0.25, -0.2) is 9.59 Å². The Morgan fingerprint density at radius 2 is 1.75 bits per heavy atom. The number of methoxy groups -OCH3 is 2.